The van der Waals surface area contributed by atoms with Crippen LogP contribution in [0.4, 0.5) is 11.4 Å². The average molecular weight is 406 g/mol. The summed E-state index contributed by atoms with van der Waals surface area (Å²) in [6, 6.07) is 4.00. The summed E-state index contributed by atoms with van der Waals surface area (Å²) >= 11 is 0. The van der Waals surface area contributed by atoms with Crippen LogP contribution in [0.3, 0.4) is 0 Å². The molecule has 0 saturated heterocycles. The van der Waals surface area contributed by atoms with Gasteiger partial charge in [-0.05, 0) is 25.3 Å². The SMILES string of the molecule is COC(=O)CCCCN1C(=O)[C@](O)([C@H](C)/C=C/CCO)c2cc([N+](=O)[O-])ccc21. The molecule has 0 aromatic heterocycles. The molecule has 2 rings (SSSR count). The minimum atomic E-state index is -1.95. The lowest BCUT2D eigenvalue weighted by Crippen LogP contribution is -2.44. The number of anilines is 1. The van der Waals surface area contributed by atoms with Gasteiger partial charge in [0.05, 0.1) is 17.7 Å². The summed E-state index contributed by atoms with van der Waals surface area (Å²) < 4.78 is 4.60. The van der Waals surface area contributed by atoms with Crippen LogP contribution in [0.25, 0.3) is 0 Å². The minimum Gasteiger partial charge on any atom is -0.469 e. The first-order valence-electron chi connectivity index (χ1n) is 9.45. The van der Waals surface area contributed by atoms with Crippen LogP contribution in [0.5, 0.6) is 0 Å². The number of aliphatic hydroxyl groups is 2. The molecule has 0 radical (unpaired) electrons. The molecule has 29 heavy (non-hydrogen) atoms. The van der Waals surface area contributed by atoms with Crippen LogP contribution in [0.2, 0.25) is 0 Å². The number of rotatable bonds is 10. The number of fused-ring (bicyclic) bond motifs is 1. The normalized spacial score (nSPS) is 19.4. The van der Waals surface area contributed by atoms with Gasteiger partial charge in [0.1, 0.15) is 0 Å². The van der Waals surface area contributed by atoms with Gasteiger partial charge in [-0.15, -0.1) is 0 Å². The van der Waals surface area contributed by atoms with E-state index < -0.39 is 22.3 Å². The molecule has 1 aromatic carbocycles. The molecule has 0 bridgehead atoms. The number of aliphatic hydroxyl groups excluding tert-OH is 1. The summed E-state index contributed by atoms with van der Waals surface area (Å²) in [5.74, 6) is -1.57. The quantitative estimate of drug-likeness (QED) is 0.200. The number of hydrogen-bond acceptors (Lipinski definition) is 7. The van der Waals surface area contributed by atoms with E-state index in [2.05, 4.69) is 4.74 Å². The van der Waals surface area contributed by atoms with Crippen LogP contribution >= 0.6 is 0 Å². The second kappa shape index (κ2) is 9.62. The van der Waals surface area contributed by atoms with Crippen molar-refractivity contribution < 1.29 is 29.5 Å². The molecule has 1 aliphatic rings. The molecule has 2 atom stereocenters. The second-order valence-electron chi connectivity index (χ2n) is 6.94. The molecule has 1 aliphatic heterocycles. The van der Waals surface area contributed by atoms with E-state index >= 15 is 0 Å². The number of non-ortho nitro benzene ring substituents is 1. The van der Waals surface area contributed by atoms with Crippen molar-refractivity contribution >= 4 is 23.3 Å². The highest BCUT2D eigenvalue weighted by atomic mass is 16.6. The van der Waals surface area contributed by atoms with E-state index in [1.807, 2.05) is 0 Å². The Kier molecular flexibility index (Phi) is 7.46. The Balaban J connectivity index is 2.33. The summed E-state index contributed by atoms with van der Waals surface area (Å²) in [6.45, 7) is 1.84. The zero-order chi connectivity index (χ0) is 21.6. The van der Waals surface area contributed by atoms with Gasteiger partial charge in [-0.3, -0.25) is 19.7 Å². The number of nitro benzene ring substituents is 1. The van der Waals surface area contributed by atoms with Gasteiger partial charge in [0.15, 0.2) is 5.60 Å². The number of nitro groups is 1. The summed E-state index contributed by atoms with van der Waals surface area (Å²) in [7, 11) is 1.31. The van der Waals surface area contributed by atoms with E-state index in [1.165, 1.54) is 30.2 Å². The van der Waals surface area contributed by atoms with Crippen molar-refractivity contribution in [3.63, 3.8) is 0 Å². The van der Waals surface area contributed by atoms with Crippen LogP contribution in [0.15, 0.2) is 30.4 Å². The molecular weight excluding hydrogens is 380 g/mol. The number of ether oxygens (including phenoxy) is 1. The van der Waals surface area contributed by atoms with Gasteiger partial charge in [0, 0.05) is 43.2 Å². The number of carbonyl (C=O) groups excluding carboxylic acids is 2. The Labute approximate surface area is 168 Å². The number of unbranched alkanes of at least 4 members (excludes halogenated alkanes) is 1. The van der Waals surface area contributed by atoms with E-state index in [0.717, 1.165) is 0 Å². The number of esters is 1. The van der Waals surface area contributed by atoms with E-state index in [4.69, 9.17) is 5.11 Å². The van der Waals surface area contributed by atoms with Gasteiger partial charge in [-0.1, -0.05) is 19.1 Å². The molecule has 9 nitrogen and oxygen atoms in total. The van der Waals surface area contributed by atoms with Crippen molar-refractivity contribution in [3.8, 4) is 0 Å². The van der Waals surface area contributed by atoms with E-state index in [0.29, 0.717) is 24.9 Å². The topological polar surface area (TPSA) is 130 Å². The maximum absolute atomic E-state index is 13.2. The lowest BCUT2D eigenvalue weighted by atomic mass is 9.82. The largest absolute Gasteiger partial charge is 0.469 e. The number of nitrogens with zero attached hydrogens (tertiary/aromatic N) is 2. The Bertz CT molecular complexity index is 808. The average Bonchev–Trinajstić information content (AvgIpc) is 2.92. The van der Waals surface area contributed by atoms with Crippen molar-refractivity contribution in [3.05, 3.63) is 46.0 Å². The summed E-state index contributed by atoms with van der Waals surface area (Å²) in [4.78, 5) is 36.4. The lowest BCUT2D eigenvalue weighted by Gasteiger charge is -2.27. The fraction of sp³-hybridized carbons (Fsp3) is 0.500. The Morgan fingerprint density at radius 3 is 2.76 bits per heavy atom. The molecule has 1 aromatic rings. The van der Waals surface area contributed by atoms with E-state index in [-0.39, 0.29) is 36.8 Å². The third-order valence-electron chi connectivity index (χ3n) is 5.08. The molecule has 9 heteroatoms. The highest BCUT2D eigenvalue weighted by Crippen LogP contribution is 2.46. The Morgan fingerprint density at radius 2 is 2.14 bits per heavy atom. The molecule has 1 heterocycles. The van der Waals surface area contributed by atoms with Crippen molar-refractivity contribution in [1.29, 1.82) is 0 Å². The number of benzene rings is 1. The summed E-state index contributed by atoms with van der Waals surface area (Å²) in [5, 5.41) is 31.5. The minimum absolute atomic E-state index is 0.0655. The standard InChI is InChI=1S/C20H26N2O7/c1-14(7-4-6-12-23)20(26)16-13-15(22(27)28)9-10-17(16)21(19(20)25)11-5-3-8-18(24)29-2/h4,7,9-10,13-14,23,26H,3,5-6,8,11-12H2,1-2H3/b7-4+/t14-,20+/m1/s1. The third-order valence-corrected chi connectivity index (χ3v) is 5.08. The first kappa shape index (κ1) is 22.5. The van der Waals surface area contributed by atoms with E-state index in [1.54, 1.807) is 19.1 Å². The molecule has 0 spiro atoms. The lowest BCUT2D eigenvalue weighted by molar-refractivity contribution is -0.385. The molecule has 0 fully saturated rings. The Morgan fingerprint density at radius 1 is 1.41 bits per heavy atom. The fourth-order valence-electron chi connectivity index (χ4n) is 3.43. The third kappa shape index (κ3) is 4.63. The smallest absolute Gasteiger partial charge is 0.305 e. The molecular formula is C20H26N2O7. The van der Waals surface area contributed by atoms with Crippen molar-refractivity contribution in [2.45, 2.75) is 38.2 Å². The highest BCUT2D eigenvalue weighted by molar-refractivity contribution is 6.07. The van der Waals surface area contributed by atoms with Crippen molar-refractivity contribution in [2.24, 2.45) is 5.92 Å². The second-order valence-corrected chi connectivity index (χ2v) is 6.94. The van der Waals surface area contributed by atoms with Crippen LogP contribution in [0.1, 0.15) is 38.2 Å². The predicted octanol–water partition coefficient (Wildman–Crippen LogP) is 2.05. The fourth-order valence-corrected chi connectivity index (χ4v) is 3.43. The molecule has 0 unspecified atom stereocenters. The van der Waals surface area contributed by atoms with Gasteiger partial charge in [0.2, 0.25) is 0 Å². The van der Waals surface area contributed by atoms with Crippen molar-refractivity contribution in [1.82, 2.24) is 0 Å². The predicted molar refractivity (Wildman–Crippen MR) is 105 cm³/mol. The maximum atomic E-state index is 13.2. The molecule has 158 valence electrons. The Hall–Kier alpha value is -2.78. The zero-order valence-electron chi connectivity index (χ0n) is 16.5. The first-order chi connectivity index (χ1) is 13.8. The number of amides is 1. The van der Waals surface area contributed by atoms with Crippen LogP contribution < -0.4 is 4.90 Å². The highest BCUT2D eigenvalue weighted by Gasteiger charge is 2.52. The van der Waals surface area contributed by atoms with Gasteiger partial charge in [-0.2, -0.15) is 0 Å². The molecule has 0 aliphatic carbocycles. The van der Waals surface area contributed by atoms with Gasteiger partial charge >= 0.3 is 5.97 Å². The van der Waals surface area contributed by atoms with Crippen LogP contribution in [-0.4, -0.2) is 47.3 Å². The maximum Gasteiger partial charge on any atom is 0.305 e. The van der Waals surface area contributed by atoms with Crippen LogP contribution in [-0.2, 0) is 19.9 Å². The monoisotopic (exact) mass is 406 g/mol. The summed E-state index contributed by atoms with van der Waals surface area (Å²) in [5.41, 5.74) is -1.56. The number of carbonyl (C=O) groups is 2. The summed E-state index contributed by atoms with van der Waals surface area (Å²) in [6.07, 6.45) is 4.87. The molecule has 2 N–H and O–H groups in total. The molecule has 0 saturated carbocycles. The number of hydrogen-bond donors (Lipinski definition) is 2. The van der Waals surface area contributed by atoms with Crippen molar-refractivity contribution in [2.75, 3.05) is 25.2 Å². The molecule has 1 amide bonds. The van der Waals surface area contributed by atoms with Gasteiger partial charge < -0.3 is 19.8 Å². The van der Waals surface area contributed by atoms with Crippen LogP contribution in [0, 0.1) is 16.0 Å². The first-order valence-corrected chi connectivity index (χ1v) is 9.45. The van der Waals surface area contributed by atoms with E-state index in [9.17, 15) is 24.8 Å². The number of methoxy groups -OCH3 is 1. The van der Waals surface area contributed by atoms with Gasteiger partial charge in [-0.25, -0.2) is 0 Å². The van der Waals surface area contributed by atoms with Gasteiger partial charge in [0.25, 0.3) is 11.6 Å². The zero-order valence-corrected chi connectivity index (χ0v) is 16.5.